The first kappa shape index (κ1) is 35.1. The zero-order chi connectivity index (χ0) is 32.2. The van der Waals surface area contributed by atoms with E-state index < -0.39 is 22.7 Å². The second-order valence-electron chi connectivity index (χ2n) is 13.3. The molecule has 1 aromatic carbocycles. The highest BCUT2D eigenvalue weighted by atomic mass is 79.9. The maximum Gasteiger partial charge on any atom is 0.199 e. The van der Waals surface area contributed by atoms with Gasteiger partial charge in [0.05, 0.1) is 22.2 Å². The number of carbonyl (C=O) groups is 2. The van der Waals surface area contributed by atoms with E-state index in [2.05, 4.69) is 56.9 Å². The van der Waals surface area contributed by atoms with Crippen molar-refractivity contribution in [1.82, 2.24) is 14.9 Å². The molecule has 1 N–H and O–H groups in total. The van der Waals surface area contributed by atoms with Crippen LogP contribution in [-0.4, -0.2) is 62.7 Å². The number of benzene rings is 1. The SMILES string of the molecule is CCC(C)(C)CC(C)(C)C(=O)C(CC)(CC)O[C@@H](C)C(=O)C(CC)(CC)N1CCN=C1Nc1ccc2nccnc2c1Br. The number of carbonyl (C=O) groups excluding carboxylic acids is 2. The minimum absolute atomic E-state index is 0.0249. The molecule has 1 atom stereocenters. The van der Waals surface area contributed by atoms with Crippen LogP contribution in [0.5, 0.6) is 0 Å². The summed E-state index contributed by atoms with van der Waals surface area (Å²) >= 11 is 3.69. The van der Waals surface area contributed by atoms with Crippen LogP contribution in [0.2, 0.25) is 0 Å². The Morgan fingerprint density at radius 1 is 0.977 bits per heavy atom. The predicted molar refractivity (Wildman–Crippen MR) is 180 cm³/mol. The van der Waals surface area contributed by atoms with Crippen LogP contribution in [0.1, 0.15) is 108 Å². The summed E-state index contributed by atoms with van der Waals surface area (Å²) < 4.78 is 7.47. The van der Waals surface area contributed by atoms with E-state index in [9.17, 15) is 9.59 Å². The summed E-state index contributed by atoms with van der Waals surface area (Å²) in [6.45, 7) is 21.7. The van der Waals surface area contributed by atoms with Crippen molar-refractivity contribution in [2.45, 2.75) is 125 Å². The Morgan fingerprint density at radius 3 is 2.19 bits per heavy atom. The van der Waals surface area contributed by atoms with Crippen LogP contribution in [0, 0.1) is 10.8 Å². The Balaban J connectivity index is 1.91. The van der Waals surface area contributed by atoms with Crippen LogP contribution in [0.3, 0.4) is 0 Å². The van der Waals surface area contributed by atoms with Gasteiger partial charge < -0.3 is 15.0 Å². The number of aliphatic imine (C=N–C) groups is 1. The molecule has 0 saturated carbocycles. The van der Waals surface area contributed by atoms with E-state index in [0.29, 0.717) is 44.7 Å². The van der Waals surface area contributed by atoms with E-state index in [-0.39, 0.29) is 17.0 Å². The monoisotopic (exact) mass is 657 g/mol. The zero-order valence-corrected chi connectivity index (χ0v) is 29.5. The standard InChI is InChI=1S/C34H52BrN5O3/c1-11-31(7,8)22-32(9,10)29(42)34(14-4,15-5)43-23(6)28(41)33(12-2,13-3)40-21-20-38-30(40)39-24-16-17-25-27(26(24)35)37-19-18-36-25/h16-19,23H,11-15,20-22H2,1-10H3,(H,38,39)/t23-/m0/s1. The fourth-order valence-corrected chi connectivity index (χ4v) is 7.42. The van der Waals surface area contributed by atoms with Gasteiger partial charge in [0.25, 0.3) is 0 Å². The van der Waals surface area contributed by atoms with Crippen LogP contribution in [0.4, 0.5) is 5.69 Å². The number of aromatic nitrogens is 2. The minimum atomic E-state index is -1.03. The van der Waals surface area contributed by atoms with E-state index >= 15 is 0 Å². The Hall–Kier alpha value is -2.39. The zero-order valence-electron chi connectivity index (χ0n) is 27.9. The van der Waals surface area contributed by atoms with Crippen molar-refractivity contribution < 1.29 is 14.3 Å². The number of Topliss-reactive ketones (excluding diaryl/α,β-unsaturated/α-hetero) is 2. The van der Waals surface area contributed by atoms with Crippen LogP contribution in [0.15, 0.2) is 34.0 Å². The summed E-state index contributed by atoms with van der Waals surface area (Å²) in [6.07, 6.45) is 6.48. The summed E-state index contributed by atoms with van der Waals surface area (Å²) in [5, 5.41) is 3.47. The molecule has 2 heterocycles. The molecule has 0 amide bonds. The first-order chi connectivity index (χ1) is 20.2. The van der Waals surface area contributed by atoms with Gasteiger partial charge in [0.15, 0.2) is 17.5 Å². The minimum Gasteiger partial charge on any atom is -0.356 e. The summed E-state index contributed by atoms with van der Waals surface area (Å²) in [7, 11) is 0. The molecule has 8 nitrogen and oxygen atoms in total. The lowest BCUT2D eigenvalue weighted by Gasteiger charge is -2.45. The molecule has 3 rings (SSSR count). The molecule has 1 aliphatic heterocycles. The third kappa shape index (κ3) is 6.98. The van der Waals surface area contributed by atoms with E-state index in [4.69, 9.17) is 9.73 Å². The van der Waals surface area contributed by atoms with Crippen molar-refractivity contribution in [1.29, 1.82) is 0 Å². The molecule has 43 heavy (non-hydrogen) atoms. The maximum absolute atomic E-state index is 14.5. The third-order valence-electron chi connectivity index (χ3n) is 9.63. The number of nitrogens with one attached hydrogen (secondary N) is 1. The Labute approximate surface area is 267 Å². The first-order valence-electron chi connectivity index (χ1n) is 15.9. The molecule has 0 unspecified atom stereocenters. The van der Waals surface area contributed by atoms with Gasteiger partial charge in [-0.15, -0.1) is 0 Å². The molecule has 0 radical (unpaired) electrons. The molecule has 0 fully saturated rings. The summed E-state index contributed by atoms with van der Waals surface area (Å²) in [4.78, 5) is 44.5. The summed E-state index contributed by atoms with van der Waals surface area (Å²) in [5.74, 6) is 0.701. The van der Waals surface area contributed by atoms with Gasteiger partial charge in [0, 0.05) is 24.4 Å². The van der Waals surface area contributed by atoms with E-state index in [1.165, 1.54) is 0 Å². The van der Waals surface area contributed by atoms with Gasteiger partial charge in [0.2, 0.25) is 0 Å². The topological polar surface area (TPSA) is 96.8 Å². The van der Waals surface area contributed by atoms with Crippen LogP contribution >= 0.6 is 15.9 Å². The van der Waals surface area contributed by atoms with Gasteiger partial charge in [-0.2, -0.15) is 0 Å². The van der Waals surface area contributed by atoms with Crippen molar-refractivity contribution >= 4 is 50.2 Å². The molecule has 238 valence electrons. The molecule has 0 spiro atoms. The lowest BCUT2D eigenvalue weighted by molar-refractivity contribution is -0.172. The number of ketones is 2. The molecule has 0 saturated heterocycles. The first-order valence-corrected chi connectivity index (χ1v) is 16.7. The number of fused-ring (bicyclic) bond motifs is 1. The second-order valence-corrected chi connectivity index (χ2v) is 14.1. The number of hydrogen-bond donors (Lipinski definition) is 1. The van der Waals surface area contributed by atoms with Gasteiger partial charge in [-0.1, -0.05) is 68.7 Å². The molecule has 2 aromatic rings. The number of guanidine groups is 1. The number of anilines is 1. The largest absolute Gasteiger partial charge is 0.356 e. The number of rotatable bonds is 15. The van der Waals surface area contributed by atoms with Crippen molar-refractivity contribution in [2.75, 3.05) is 18.4 Å². The lowest BCUT2D eigenvalue weighted by atomic mass is 9.67. The van der Waals surface area contributed by atoms with Crippen molar-refractivity contribution in [2.24, 2.45) is 15.8 Å². The molecule has 0 aliphatic carbocycles. The average Bonchev–Trinajstić information content (AvgIpc) is 3.46. The lowest BCUT2D eigenvalue weighted by Crippen LogP contribution is -2.61. The molecular weight excluding hydrogens is 606 g/mol. The van der Waals surface area contributed by atoms with Gasteiger partial charge in [-0.3, -0.25) is 24.5 Å². The van der Waals surface area contributed by atoms with Gasteiger partial charge in [0.1, 0.15) is 22.8 Å². The second kappa shape index (κ2) is 13.7. The maximum atomic E-state index is 14.5. The van der Waals surface area contributed by atoms with E-state index in [0.717, 1.165) is 34.0 Å². The highest BCUT2D eigenvalue weighted by molar-refractivity contribution is 9.10. The van der Waals surface area contributed by atoms with E-state index in [1.54, 1.807) is 12.4 Å². The quantitative estimate of drug-likeness (QED) is 0.207. The Morgan fingerprint density at radius 2 is 1.60 bits per heavy atom. The Bertz CT molecular complexity index is 1330. The number of halogens is 1. The highest BCUT2D eigenvalue weighted by Crippen LogP contribution is 2.42. The van der Waals surface area contributed by atoms with Crippen molar-refractivity contribution in [3.63, 3.8) is 0 Å². The molecule has 1 aliphatic rings. The number of nitrogens with zero attached hydrogens (tertiary/aromatic N) is 4. The smallest absolute Gasteiger partial charge is 0.199 e. The summed E-state index contributed by atoms with van der Waals surface area (Å²) in [6, 6.07) is 3.86. The fraction of sp³-hybridized carbons (Fsp3) is 0.676. The van der Waals surface area contributed by atoms with Crippen molar-refractivity contribution in [3.05, 3.63) is 29.0 Å². The molecule has 9 heteroatoms. The molecule has 1 aromatic heterocycles. The normalized spacial score (nSPS) is 15.5. The van der Waals surface area contributed by atoms with E-state index in [1.807, 2.05) is 60.6 Å². The highest BCUT2D eigenvalue weighted by Gasteiger charge is 2.51. The van der Waals surface area contributed by atoms with Gasteiger partial charge in [-0.25, -0.2) is 0 Å². The third-order valence-corrected chi connectivity index (χ3v) is 10.4. The van der Waals surface area contributed by atoms with Crippen LogP contribution in [-0.2, 0) is 14.3 Å². The average molecular weight is 659 g/mol. The predicted octanol–water partition coefficient (Wildman–Crippen LogP) is 7.99. The Kier molecular flexibility index (Phi) is 11.2. The fourth-order valence-electron chi connectivity index (χ4n) is 6.88. The van der Waals surface area contributed by atoms with Gasteiger partial charge in [-0.05, 0) is 72.5 Å². The molecule has 0 bridgehead atoms. The van der Waals surface area contributed by atoms with Gasteiger partial charge >= 0.3 is 0 Å². The number of ether oxygens (including phenoxy) is 1. The van der Waals surface area contributed by atoms with Crippen LogP contribution < -0.4 is 5.32 Å². The van der Waals surface area contributed by atoms with Crippen LogP contribution in [0.25, 0.3) is 11.0 Å². The van der Waals surface area contributed by atoms with Crippen molar-refractivity contribution in [3.8, 4) is 0 Å². The summed E-state index contributed by atoms with van der Waals surface area (Å²) in [5.41, 5.74) is -0.105. The molecular formula is C34H52BrN5O3. The number of hydrogen-bond acceptors (Lipinski definition) is 8.